The van der Waals surface area contributed by atoms with E-state index in [0.717, 1.165) is 40.6 Å². The Morgan fingerprint density at radius 1 is 0.692 bits per heavy atom. The van der Waals surface area contributed by atoms with Gasteiger partial charge in [0.2, 0.25) is 0 Å². The smallest absolute Gasteiger partial charge is 0.369 e. The first-order valence-corrected chi connectivity index (χ1v) is 12.7. The monoisotopic (exact) mass is 543 g/mol. The lowest BCUT2D eigenvalue weighted by Gasteiger charge is -2.33. The number of alkyl halides is 6. The molecule has 2 atom stereocenters. The molecule has 0 amide bonds. The summed E-state index contributed by atoms with van der Waals surface area (Å²) in [5.41, 5.74) is -3.26. The summed E-state index contributed by atoms with van der Waals surface area (Å²) in [4.78, 5) is 2.27. The number of rotatable bonds is 6. The maximum absolute atomic E-state index is 13.4. The fourth-order valence-electron chi connectivity index (χ4n) is 5.73. The first kappa shape index (κ1) is 27.2. The van der Waals surface area contributed by atoms with Crippen molar-refractivity contribution in [3.8, 4) is 0 Å². The Balaban J connectivity index is 1.47. The number of hydrogen-bond donors (Lipinski definition) is 1. The normalized spacial score (nSPS) is 19.1. The molecule has 4 aromatic carbocycles. The maximum atomic E-state index is 13.4. The van der Waals surface area contributed by atoms with Gasteiger partial charge in [0.15, 0.2) is 0 Å². The molecule has 0 aliphatic carbocycles. The topological polar surface area (TPSA) is 23.5 Å². The van der Waals surface area contributed by atoms with Crippen molar-refractivity contribution in [1.82, 2.24) is 4.90 Å². The van der Waals surface area contributed by atoms with Gasteiger partial charge in [0.05, 0.1) is 0 Å². The summed E-state index contributed by atoms with van der Waals surface area (Å²) in [6.07, 6.45) is -11.1. The van der Waals surface area contributed by atoms with Crippen molar-refractivity contribution in [3.05, 3.63) is 119 Å². The Hall–Kier alpha value is -3.36. The molecule has 0 saturated carbocycles. The van der Waals surface area contributed by atoms with Gasteiger partial charge in [0.1, 0.15) is 0 Å². The van der Waals surface area contributed by atoms with Crippen molar-refractivity contribution >= 4 is 10.8 Å². The van der Waals surface area contributed by atoms with Crippen LogP contribution in [0.3, 0.4) is 0 Å². The standard InChI is InChI=1S/C31H27F6NO/c32-30(33,34)29(39,31(35,36)37)26-15-13-23(14-16-26)28-20-38(18-21-7-2-1-3-8-21)19-25(28)17-24-11-6-10-22-9-4-5-12-27(22)24/h1-16,25,28,39H,17-20H2. The van der Waals surface area contributed by atoms with Crippen LogP contribution in [-0.2, 0) is 18.6 Å². The first-order valence-electron chi connectivity index (χ1n) is 12.7. The molecule has 5 rings (SSSR count). The van der Waals surface area contributed by atoms with Gasteiger partial charge in [-0.2, -0.15) is 26.3 Å². The second-order valence-corrected chi connectivity index (χ2v) is 10.2. The third kappa shape index (κ3) is 5.28. The first-order chi connectivity index (χ1) is 18.5. The Bertz CT molecular complexity index is 1400. The molecule has 1 fully saturated rings. The van der Waals surface area contributed by atoms with Crippen molar-refractivity contribution in [3.63, 3.8) is 0 Å². The van der Waals surface area contributed by atoms with Crippen LogP contribution in [0, 0.1) is 5.92 Å². The van der Waals surface area contributed by atoms with Crippen molar-refractivity contribution in [2.45, 2.75) is 36.8 Å². The fraction of sp³-hybridized carbons (Fsp3) is 0.290. The molecule has 0 radical (unpaired) electrons. The SMILES string of the molecule is OC(c1ccc(C2CN(Cc3ccccc3)CC2Cc2cccc3ccccc23)cc1)(C(F)(F)F)C(F)(F)F. The summed E-state index contributed by atoms with van der Waals surface area (Å²) < 4.78 is 80.4. The summed E-state index contributed by atoms with van der Waals surface area (Å²) in [6, 6.07) is 28.1. The van der Waals surface area contributed by atoms with E-state index in [1.54, 1.807) is 0 Å². The third-order valence-electron chi connectivity index (χ3n) is 7.70. The lowest BCUT2D eigenvalue weighted by Crippen LogP contribution is -2.53. The highest BCUT2D eigenvalue weighted by Crippen LogP contribution is 2.50. The van der Waals surface area contributed by atoms with E-state index in [1.165, 1.54) is 12.1 Å². The zero-order chi connectivity index (χ0) is 27.8. The molecular weight excluding hydrogens is 516 g/mol. The molecule has 0 spiro atoms. The van der Waals surface area contributed by atoms with Crippen LogP contribution in [0.2, 0.25) is 0 Å². The number of aliphatic hydroxyl groups is 1. The molecular formula is C31H27F6NO. The van der Waals surface area contributed by atoms with E-state index in [4.69, 9.17) is 0 Å². The molecule has 1 N–H and O–H groups in total. The van der Waals surface area contributed by atoms with Crippen LogP contribution in [0.5, 0.6) is 0 Å². The predicted molar refractivity (Wildman–Crippen MR) is 138 cm³/mol. The van der Waals surface area contributed by atoms with E-state index in [9.17, 15) is 31.4 Å². The molecule has 8 heteroatoms. The highest BCUT2D eigenvalue weighted by molar-refractivity contribution is 5.85. The van der Waals surface area contributed by atoms with Gasteiger partial charge in [-0.1, -0.05) is 97.1 Å². The molecule has 204 valence electrons. The van der Waals surface area contributed by atoms with E-state index in [1.807, 2.05) is 60.7 Å². The number of fused-ring (bicyclic) bond motifs is 1. The van der Waals surface area contributed by atoms with Crippen LogP contribution in [0.25, 0.3) is 10.8 Å². The number of nitrogens with zero attached hydrogens (tertiary/aromatic N) is 1. The second kappa shape index (κ2) is 10.3. The van der Waals surface area contributed by atoms with Crippen molar-refractivity contribution in [2.24, 2.45) is 5.92 Å². The van der Waals surface area contributed by atoms with Gasteiger partial charge in [0.25, 0.3) is 5.60 Å². The van der Waals surface area contributed by atoms with Crippen LogP contribution in [-0.4, -0.2) is 35.4 Å². The molecule has 1 aliphatic heterocycles. The van der Waals surface area contributed by atoms with E-state index in [2.05, 4.69) is 17.0 Å². The highest BCUT2D eigenvalue weighted by atomic mass is 19.4. The van der Waals surface area contributed by atoms with Gasteiger partial charge in [-0.15, -0.1) is 0 Å². The maximum Gasteiger partial charge on any atom is 0.430 e. The highest BCUT2D eigenvalue weighted by Gasteiger charge is 2.71. The summed E-state index contributed by atoms with van der Waals surface area (Å²) in [6.45, 7) is 2.01. The number of hydrogen-bond acceptors (Lipinski definition) is 2. The fourth-order valence-corrected chi connectivity index (χ4v) is 5.73. The van der Waals surface area contributed by atoms with Crippen molar-refractivity contribution in [1.29, 1.82) is 0 Å². The minimum Gasteiger partial charge on any atom is -0.369 e. The Labute approximate surface area is 222 Å². The lowest BCUT2D eigenvalue weighted by atomic mass is 9.82. The van der Waals surface area contributed by atoms with Crippen molar-refractivity contribution < 1.29 is 31.4 Å². The van der Waals surface area contributed by atoms with Gasteiger partial charge in [-0.05, 0) is 39.8 Å². The second-order valence-electron chi connectivity index (χ2n) is 10.2. The van der Waals surface area contributed by atoms with Crippen LogP contribution >= 0.6 is 0 Å². The summed E-state index contributed by atoms with van der Waals surface area (Å²) in [5, 5.41) is 12.0. The van der Waals surface area contributed by atoms with Gasteiger partial charge >= 0.3 is 12.4 Å². The number of benzene rings is 4. The van der Waals surface area contributed by atoms with Crippen LogP contribution in [0.1, 0.15) is 28.2 Å². The predicted octanol–water partition coefficient (Wildman–Crippen LogP) is 7.61. The molecule has 0 bridgehead atoms. The molecule has 0 aromatic heterocycles. The number of halogens is 6. The Morgan fingerprint density at radius 2 is 1.31 bits per heavy atom. The third-order valence-corrected chi connectivity index (χ3v) is 7.70. The molecule has 1 heterocycles. The Kier molecular flexibility index (Phi) is 7.20. The van der Waals surface area contributed by atoms with E-state index in [-0.39, 0.29) is 11.8 Å². The number of likely N-dealkylation sites (tertiary alicyclic amines) is 1. The van der Waals surface area contributed by atoms with E-state index < -0.39 is 23.5 Å². The molecule has 1 saturated heterocycles. The zero-order valence-electron chi connectivity index (χ0n) is 20.9. The minimum absolute atomic E-state index is 0.0782. The molecule has 39 heavy (non-hydrogen) atoms. The summed E-state index contributed by atoms with van der Waals surface area (Å²) >= 11 is 0. The van der Waals surface area contributed by atoms with Gasteiger partial charge < -0.3 is 5.11 Å². The van der Waals surface area contributed by atoms with Crippen LogP contribution in [0.4, 0.5) is 26.3 Å². The average Bonchev–Trinajstić information content (AvgIpc) is 3.29. The van der Waals surface area contributed by atoms with E-state index >= 15 is 0 Å². The van der Waals surface area contributed by atoms with Crippen molar-refractivity contribution in [2.75, 3.05) is 13.1 Å². The average molecular weight is 544 g/mol. The largest absolute Gasteiger partial charge is 0.430 e. The van der Waals surface area contributed by atoms with Gasteiger partial charge in [-0.25, -0.2) is 0 Å². The Morgan fingerprint density at radius 3 is 1.97 bits per heavy atom. The molecule has 2 nitrogen and oxygen atoms in total. The molecule has 1 aliphatic rings. The lowest BCUT2D eigenvalue weighted by molar-refractivity contribution is -0.376. The summed E-state index contributed by atoms with van der Waals surface area (Å²) in [5.74, 6) is -0.0407. The van der Waals surface area contributed by atoms with Crippen LogP contribution in [0.15, 0.2) is 97.1 Å². The minimum atomic E-state index is -5.91. The molecule has 4 aromatic rings. The van der Waals surface area contributed by atoms with Crippen LogP contribution < -0.4 is 0 Å². The molecule has 2 unspecified atom stereocenters. The zero-order valence-corrected chi connectivity index (χ0v) is 20.9. The van der Waals surface area contributed by atoms with Gasteiger partial charge in [-0.3, -0.25) is 4.90 Å². The quantitative estimate of drug-likeness (QED) is 0.253. The van der Waals surface area contributed by atoms with E-state index in [0.29, 0.717) is 25.1 Å². The van der Waals surface area contributed by atoms with Gasteiger partial charge in [0, 0.05) is 31.1 Å². The summed E-state index contributed by atoms with van der Waals surface area (Å²) in [7, 11) is 0.